The lowest BCUT2D eigenvalue weighted by atomic mass is 9.81. The Morgan fingerprint density at radius 1 is 1.24 bits per heavy atom. The second-order valence-electron chi connectivity index (χ2n) is 6.80. The molecule has 1 aromatic carbocycles. The lowest BCUT2D eigenvalue weighted by Crippen LogP contribution is -2.38. The number of nitrogens with one attached hydrogen (secondary N) is 2. The molecule has 5 heteroatoms. The molecule has 0 aliphatic heterocycles. The van der Waals surface area contributed by atoms with Crippen LogP contribution in [0.1, 0.15) is 25.7 Å². The molecule has 4 N–H and O–H groups in total. The molecule has 3 aromatic rings. The Kier molecular flexibility index (Phi) is 4.24. The first-order valence-corrected chi connectivity index (χ1v) is 8.79. The van der Waals surface area contributed by atoms with Crippen LogP contribution in [-0.4, -0.2) is 21.9 Å². The zero-order valence-corrected chi connectivity index (χ0v) is 14.0. The number of nitrogens with zero attached hydrogens (tertiary/aromatic N) is 1. The van der Waals surface area contributed by atoms with E-state index in [1.165, 1.54) is 19.3 Å². The van der Waals surface area contributed by atoms with E-state index in [-0.39, 0.29) is 5.91 Å². The van der Waals surface area contributed by atoms with Crippen molar-refractivity contribution in [3.63, 3.8) is 0 Å². The Morgan fingerprint density at radius 2 is 2.04 bits per heavy atom. The average molecular weight is 334 g/mol. The molecule has 5 nitrogen and oxygen atoms in total. The maximum atomic E-state index is 12.2. The standard InChI is InChI=1S/C20H22N4O/c21-18(12-13-2-1-3-13)20(25)24-15-6-4-14(5-7-15)16-8-10-22-19-17(16)9-11-23-19/h4-11,13,18H,1-3,12,21H2,(H,22,23)(H,24,25)/t18-/m1/s1. The first kappa shape index (κ1) is 15.8. The molecule has 2 heterocycles. The Balaban J connectivity index is 1.46. The Hall–Kier alpha value is -2.66. The van der Waals surface area contributed by atoms with E-state index in [4.69, 9.17) is 5.73 Å². The summed E-state index contributed by atoms with van der Waals surface area (Å²) in [4.78, 5) is 19.7. The first-order chi connectivity index (χ1) is 12.2. The van der Waals surface area contributed by atoms with Gasteiger partial charge in [-0.3, -0.25) is 4.79 Å². The predicted octanol–water partition coefficient (Wildman–Crippen LogP) is 3.69. The highest BCUT2D eigenvalue weighted by Crippen LogP contribution is 2.30. The van der Waals surface area contributed by atoms with Gasteiger partial charge in [-0.05, 0) is 47.7 Å². The molecule has 0 spiro atoms. The smallest absolute Gasteiger partial charge is 0.241 e. The van der Waals surface area contributed by atoms with Gasteiger partial charge in [0.05, 0.1) is 6.04 Å². The summed E-state index contributed by atoms with van der Waals surface area (Å²) >= 11 is 0. The van der Waals surface area contributed by atoms with Crippen molar-refractivity contribution >= 4 is 22.6 Å². The zero-order chi connectivity index (χ0) is 17.2. The highest BCUT2D eigenvalue weighted by molar-refractivity contribution is 5.96. The third kappa shape index (κ3) is 3.28. The summed E-state index contributed by atoms with van der Waals surface area (Å²) in [6.45, 7) is 0. The minimum absolute atomic E-state index is 0.100. The molecule has 0 bridgehead atoms. The Bertz CT molecular complexity index is 880. The van der Waals surface area contributed by atoms with Crippen LogP contribution < -0.4 is 11.1 Å². The van der Waals surface area contributed by atoms with Gasteiger partial charge >= 0.3 is 0 Å². The number of carbonyl (C=O) groups is 1. The van der Waals surface area contributed by atoms with Crippen LogP contribution in [0.5, 0.6) is 0 Å². The van der Waals surface area contributed by atoms with Crippen molar-refractivity contribution in [2.45, 2.75) is 31.7 Å². The fourth-order valence-electron chi connectivity index (χ4n) is 3.38. The SMILES string of the molecule is N[C@H](CC1CCC1)C(=O)Nc1ccc(-c2ccnc3[nH]ccc23)cc1. The van der Waals surface area contributed by atoms with E-state index >= 15 is 0 Å². The van der Waals surface area contributed by atoms with Crippen molar-refractivity contribution in [1.82, 2.24) is 9.97 Å². The molecule has 4 rings (SSSR count). The third-order valence-electron chi connectivity index (χ3n) is 5.07. The minimum atomic E-state index is -0.426. The van der Waals surface area contributed by atoms with Crippen LogP contribution in [-0.2, 0) is 4.79 Å². The van der Waals surface area contributed by atoms with Crippen LogP contribution in [0.2, 0.25) is 0 Å². The molecule has 0 radical (unpaired) electrons. The van der Waals surface area contributed by atoms with Crippen molar-refractivity contribution < 1.29 is 4.79 Å². The van der Waals surface area contributed by atoms with Crippen molar-refractivity contribution in [2.75, 3.05) is 5.32 Å². The van der Waals surface area contributed by atoms with Gasteiger partial charge in [-0.1, -0.05) is 31.4 Å². The Labute approximate surface area is 146 Å². The van der Waals surface area contributed by atoms with Crippen LogP contribution >= 0.6 is 0 Å². The number of rotatable bonds is 5. The van der Waals surface area contributed by atoms with Gasteiger partial charge in [0.15, 0.2) is 0 Å². The van der Waals surface area contributed by atoms with Gasteiger partial charge < -0.3 is 16.0 Å². The number of anilines is 1. The normalized spacial score (nSPS) is 15.7. The van der Waals surface area contributed by atoms with E-state index in [1.807, 2.05) is 42.6 Å². The topological polar surface area (TPSA) is 83.8 Å². The monoisotopic (exact) mass is 334 g/mol. The van der Waals surface area contributed by atoms with Crippen LogP contribution in [0.3, 0.4) is 0 Å². The number of aromatic nitrogens is 2. The molecular weight excluding hydrogens is 312 g/mol. The molecule has 1 aliphatic rings. The second kappa shape index (κ2) is 6.69. The van der Waals surface area contributed by atoms with Crippen LogP contribution in [0.15, 0.2) is 48.8 Å². The number of hydrogen-bond donors (Lipinski definition) is 3. The number of benzene rings is 1. The van der Waals surface area contributed by atoms with E-state index < -0.39 is 6.04 Å². The van der Waals surface area contributed by atoms with Crippen molar-refractivity contribution in [2.24, 2.45) is 11.7 Å². The predicted molar refractivity (Wildman–Crippen MR) is 100 cm³/mol. The maximum Gasteiger partial charge on any atom is 0.241 e. The Morgan fingerprint density at radius 3 is 2.76 bits per heavy atom. The number of amides is 1. The first-order valence-electron chi connectivity index (χ1n) is 8.79. The summed E-state index contributed by atoms with van der Waals surface area (Å²) in [5.41, 5.74) is 9.87. The lowest BCUT2D eigenvalue weighted by Gasteiger charge is -2.27. The number of hydrogen-bond acceptors (Lipinski definition) is 3. The van der Waals surface area contributed by atoms with Crippen molar-refractivity contribution in [3.8, 4) is 11.1 Å². The molecular formula is C20H22N4O. The molecule has 0 unspecified atom stereocenters. The lowest BCUT2D eigenvalue weighted by molar-refractivity contribution is -0.117. The van der Waals surface area contributed by atoms with E-state index in [2.05, 4.69) is 15.3 Å². The van der Waals surface area contributed by atoms with Gasteiger partial charge in [-0.2, -0.15) is 0 Å². The summed E-state index contributed by atoms with van der Waals surface area (Å²) in [7, 11) is 0. The van der Waals surface area contributed by atoms with E-state index in [9.17, 15) is 4.79 Å². The summed E-state index contributed by atoms with van der Waals surface area (Å²) in [6.07, 6.45) is 8.14. The number of nitrogens with two attached hydrogens (primary N) is 1. The quantitative estimate of drug-likeness (QED) is 0.665. The van der Waals surface area contributed by atoms with E-state index in [1.54, 1.807) is 6.20 Å². The highest BCUT2D eigenvalue weighted by Gasteiger charge is 2.23. The average Bonchev–Trinajstić information content (AvgIpc) is 3.07. The summed E-state index contributed by atoms with van der Waals surface area (Å²) in [5, 5.41) is 4.01. The molecule has 1 amide bonds. The molecule has 1 saturated carbocycles. The number of pyridine rings is 1. The van der Waals surface area contributed by atoms with Gasteiger partial charge in [-0.25, -0.2) is 4.98 Å². The van der Waals surface area contributed by atoms with Crippen LogP contribution in [0.4, 0.5) is 5.69 Å². The third-order valence-corrected chi connectivity index (χ3v) is 5.07. The molecule has 1 aliphatic carbocycles. The van der Waals surface area contributed by atoms with Crippen molar-refractivity contribution in [1.29, 1.82) is 0 Å². The van der Waals surface area contributed by atoms with E-state index in [0.717, 1.165) is 34.3 Å². The van der Waals surface area contributed by atoms with Gasteiger partial charge in [0.25, 0.3) is 0 Å². The molecule has 1 fully saturated rings. The second-order valence-corrected chi connectivity index (χ2v) is 6.80. The molecule has 2 aromatic heterocycles. The number of aromatic amines is 1. The van der Waals surface area contributed by atoms with Crippen LogP contribution in [0, 0.1) is 5.92 Å². The van der Waals surface area contributed by atoms with Gasteiger partial charge in [-0.15, -0.1) is 0 Å². The summed E-state index contributed by atoms with van der Waals surface area (Å²) in [5.74, 6) is 0.523. The molecule has 1 atom stereocenters. The van der Waals surface area contributed by atoms with Gasteiger partial charge in [0.1, 0.15) is 5.65 Å². The largest absolute Gasteiger partial charge is 0.346 e. The number of fused-ring (bicyclic) bond motifs is 1. The number of H-pyrrole nitrogens is 1. The minimum Gasteiger partial charge on any atom is -0.346 e. The summed E-state index contributed by atoms with van der Waals surface area (Å²) < 4.78 is 0. The maximum absolute atomic E-state index is 12.2. The van der Waals surface area contributed by atoms with Gasteiger partial charge in [0.2, 0.25) is 5.91 Å². The molecule has 0 saturated heterocycles. The van der Waals surface area contributed by atoms with Crippen LogP contribution in [0.25, 0.3) is 22.2 Å². The number of carbonyl (C=O) groups excluding carboxylic acids is 1. The van der Waals surface area contributed by atoms with Gasteiger partial charge in [0, 0.05) is 23.5 Å². The molecule has 25 heavy (non-hydrogen) atoms. The summed E-state index contributed by atoms with van der Waals surface area (Å²) in [6, 6.07) is 11.4. The zero-order valence-electron chi connectivity index (χ0n) is 14.0. The van der Waals surface area contributed by atoms with Crippen molar-refractivity contribution in [3.05, 3.63) is 48.8 Å². The highest BCUT2D eigenvalue weighted by atomic mass is 16.2. The van der Waals surface area contributed by atoms with E-state index in [0.29, 0.717) is 5.92 Å². The fourth-order valence-corrected chi connectivity index (χ4v) is 3.38. The molecule has 128 valence electrons. The fraction of sp³-hybridized carbons (Fsp3) is 0.300.